The third-order valence-electron chi connectivity index (χ3n) is 5.42. The highest BCUT2D eigenvalue weighted by atomic mass is 79.9. The molecule has 2 heterocycles. The summed E-state index contributed by atoms with van der Waals surface area (Å²) >= 11 is 3.43. The van der Waals surface area contributed by atoms with Crippen molar-refractivity contribution < 1.29 is 18.8 Å². The van der Waals surface area contributed by atoms with Crippen molar-refractivity contribution in [2.45, 2.75) is 12.1 Å². The first-order valence-electron chi connectivity index (χ1n) is 9.44. The Morgan fingerprint density at radius 1 is 0.800 bits per heavy atom. The number of rotatable bonds is 3. The first-order valence-corrected chi connectivity index (χ1v) is 10.2. The highest BCUT2D eigenvalue weighted by Crippen LogP contribution is 2.47. The largest absolute Gasteiger partial charge is 0.273 e. The van der Waals surface area contributed by atoms with Crippen LogP contribution in [0.25, 0.3) is 0 Å². The number of nitrogens with zero attached hydrogens (tertiary/aromatic N) is 2. The molecule has 2 aliphatic heterocycles. The minimum atomic E-state index is -0.948. The van der Waals surface area contributed by atoms with Crippen molar-refractivity contribution in [2.75, 3.05) is 9.96 Å². The molecule has 2 amide bonds. The smallest absolute Gasteiger partial charge is 0.266 e. The Balaban J connectivity index is 1.58. The Kier molecular flexibility index (Phi) is 4.64. The average molecular weight is 467 g/mol. The lowest BCUT2D eigenvalue weighted by molar-refractivity contribution is -0.126. The monoisotopic (exact) mass is 466 g/mol. The molecule has 0 spiro atoms. The number of fused-ring (bicyclic) bond motifs is 1. The molecule has 0 radical (unpaired) electrons. The molecule has 30 heavy (non-hydrogen) atoms. The maximum atomic E-state index is 13.4. The second-order valence-corrected chi connectivity index (χ2v) is 8.11. The van der Waals surface area contributed by atoms with Crippen molar-refractivity contribution >= 4 is 39.1 Å². The van der Waals surface area contributed by atoms with Crippen LogP contribution in [0.4, 0.5) is 15.8 Å². The van der Waals surface area contributed by atoms with Crippen LogP contribution < -0.4 is 9.96 Å². The van der Waals surface area contributed by atoms with E-state index in [2.05, 4.69) is 15.9 Å². The molecular formula is C23H16BrFN2O3. The number of carbonyl (C=O) groups is 2. The maximum Gasteiger partial charge on any atom is 0.266 e. The molecule has 1 unspecified atom stereocenters. The molecule has 7 heteroatoms. The number of halogens is 2. The molecule has 5 rings (SSSR count). The van der Waals surface area contributed by atoms with Crippen LogP contribution in [0.3, 0.4) is 0 Å². The van der Waals surface area contributed by atoms with E-state index in [9.17, 15) is 14.0 Å². The fraction of sp³-hybridized carbons (Fsp3) is 0.130. The van der Waals surface area contributed by atoms with Gasteiger partial charge in [-0.25, -0.2) is 14.4 Å². The van der Waals surface area contributed by atoms with Crippen LogP contribution >= 0.6 is 15.9 Å². The molecule has 3 aromatic rings. The van der Waals surface area contributed by atoms with Crippen molar-refractivity contribution in [1.82, 2.24) is 0 Å². The summed E-state index contributed by atoms with van der Waals surface area (Å²) in [5.74, 6) is -1.96. The van der Waals surface area contributed by atoms with E-state index in [4.69, 9.17) is 4.84 Å². The molecule has 2 aliphatic rings. The molecule has 0 N–H and O–H groups in total. The van der Waals surface area contributed by atoms with E-state index in [0.29, 0.717) is 5.69 Å². The lowest BCUT2D eigenvalue weighted by Gasteiger charge is -2.28. The minimum Gasteiger partial charge on any atom is -0.273 e. The Bertz CT molecular complexity index is 1110. The van der Waals surface area contributed by atoms with Gasteiger partial charge in [-0.05, 0) is 54.1 Å². The predicted octanol–water partition coefficient (Wildman–Crippen LogP) is 4.64. The molecule has 0 saturated carbocycles. The molecular weight excluding hydrogens is 451 g/mol. The van der Waals surface area contributed by atoms with Gasteiger partial charge in [0.05, 0.1) is 17.4 Å². The first-order chi connectivity index (χ1) is 14.5. The number of imide groups is 1. The molecule has 0 aromatic heterocycles. The van der Waals surface area contributed by atoms with Gasteiger partial charge >= 0.3 is 0 Å². The fourth-order valence-electron chi connectivity index (χ4n) is 4.06. The number of hydrogen-bond acceptors (Lipinski definition) is 4. The van der Waals surface area contributed by atoms with E-state index in [-0.39, 0.29) is 5.91 Å². The number of para-hydroxylation sites is 1. The van der Waals surface area contributed by atoms with Crippen LogP contribution in [0.15, 0.2) is 83.3 Å². The van der Waals surface area contributed by atoms with Crippen LogP contribution in [-0.4, -0.2) is 17.9 Å². The van der Waals surface area contributed by atoms with Gasteiger partial charge in [0, 0.05) is 4.47 Å². The number of hydrogen-bond donors (Lipinski definition) is 0. The van der Waals surface area contributed by atoms with E-state index >= 15 is 0 Å². The summed E-state index contributed by atoms with van der Waals surface area (Å²) in [5, 5.41) is 1.65. The average Bonchev–Trinajstić information content (AvgIpc) is 3.27. The Morgan fingerprint density at radius 2 is 1.47 bits per heavy atom. The van der Waals surface area contributed by atoms with Gasteiger partial charge in [-0.1, -0.05) is 46.3 Å². The summed E-state index contributed by atoms with van der Waals surface area (Å²) in [5.41, 5.74) is 1.95. The summed E-state index contributed by atoms with van der Waals surface area (Å²) in [6.07, 6.45) is -0.948. The van der Waals surface area contributed by atoms with E-state index in [1.807, 2.05) is 54.6 Å². The van der Waals surface area contributed by atoms with Gasteiger partial charge in [0.2, 0.25) is 5.91 Å². The molecule has 2 fully saturated rings. The fourth-order valence-corrected chi connectivity index (χ4v) is 4.32. The van der Waals surface area contributed by atoms with E-state index in [0.717, 1.165) is 20.6 Å². The molecule has 150 valence electrons. The SMILES string of the molecule is O=C1[C@H]2ON(c3ccccc3)C(c3ccc(Br)cc3)[C@H]2C(=O)N1c1ccc(F)cc1. The zero-order chi connectivity index (χ0) is 20.8. The Hall–Kier alpha value is -3.03. The third-order valence-corrected chi connectivity index (χ3v) is 5.95. The zero-order valence-corrected chi connectivity index (χ0v) is 17.2. The topological polar surface area (TPSA) is 49.9 Å². The van der Waals surface area contributed by atoms with Gasteiger partial charge in [0.15, 0.2) is 6.10 Å². The van der Waals surface area contributed by atoms with Crippen LogP contribution in [0.2, 0.25) is 0 Å². The van der Waals surface area contributed by atoms with Gasteiger partial charge in [-0.2, -0.15) is 0 Å². The van der Waals surface area contributed by atoms with Crippen LogP contribution in [0.5, 0.6) is 0 Å². The van der Waals surface area contributed by atoms with Gasteiger partial charge in [0.25, 0.3) is 5.91 Å². The molecule has 3 atom stereocenters. The Labute approximate surface area is 180 Å². The molecule has 5 nitrogen and oxygen atoms in total. The lowest BCUT2D eigenvalue weighted by atomic mass is 9.90. The van der Waals surface area contributed by atoms with Crippen molar-refractivity contribution in [3.63, 3.8) is 0 Å². The van der Waals surface area contributed by atoms with Gasteiger partial charge in [-0.15, -0.1) is 0 Å². The molecule has 3 aromatic carbocycles. The quantitative estimate of drug-likeness (QED) is 0.527. The third kappa shape index (κ3) is 3.02. The number of hydroxylamine groups is 1. The summed E-state index contributed by atoms with van der Waals surface area (Å²) in [6.45, 7) is 0. The van der Waals surface area contributed by atoms with E-state index in [1.165, 1.54) is 24.3 Å². The summed E-state index contributed by atoms with van der Waals surface area (Å²) in [4.78, 5) is 33.7. The van der Waals surface area contributed by atoms with Crippen molar-refractivity contribution in [2.24, 2.45) is 5.92 Å². The number of benzene rings is 3. The van der Waals surface area contributed by atoms with Crippen molar-refractivity contribution in [1.29, 1.82) is 0 Å². The van der Waals surface area contributed by atoms with Gasteiger partial charge in [-0.3, -0.25) is 14.4 Å². The van der Waals surface area contributed by atoms with Crippen molar-refractivity contribution in [3.05, 3.63) is 94.7 Å². The van der Waals surface area contributed by atoms with Crippen LogP contribution in [0, 0.1) is 11.7 Å². The highest BCUT2D eigenvalue weighted by Gasteiger charge is 2.60. The van der Waals surface area contributed by atoms with Crippen molar-refractivity contribution in [3.8, 4) is 0 Å². The summed E-state index contributed by atoms with van der Waals surface area (Å²) in [6, 6.07) is 21.8. The maximum absolute atomic E-state index is 13.4. The highest BCUT2D eigenvalue weighted by molar-refractivity contribution is 9.10. The van der Waals surface area contributed by atoms with Gasteiger partial charge in [0.1, 0.15) is 11.7 Å². The molecule has 0 aliphatic carbocycles. The molecule has 0 bridgehead atoms. The van der Waals surface area contributed by atoms with Gasteiger partial charge < -0.3 is 0 Å². The van der Waals surface area contributed by atoms with Crippen LogP contribution in [-0.2, 0) is 14.4 Å². The Morgan fingerprint density at radius 3 is 2.13 bits per heavy atom. The summed E-state index contributed by atoms with van der Waals surface area (Å²) in [7, 11) is 0. The summed E-state index contributed by atoms with van der Waals surface area (Å²) < 4.78 is 14.2. The predicted molar refractivity (Wildman–Crippen MR) is 113 cm³/mol. The standard InChI is InChI=1S/C23H16BrFN2O3/c24-15-8-6-14(7-9-15)20-19-21(30-27(20)18-4-2-1-3-5-18)23(29)26(22(19)28)17-12-10-16(25)11-13-17/h1-13,19-21H/t19-,20?,21+/m1/s1. The second kappa shape index (κ2) is 7.34. The minimum absolute atomic E-state index is 0.338. The zero-order valence-electron chi connectivity index (χ0n) is 15.6. The number of carbonyl (C=O) groups excluding carboxylic acids is 2. The van der Waals surface area contributed by atoms with E-state index < -0.39 is 29.8 Å². The van der Waals surface area contributed by atoms with E-state index in [1.54, 1.807) is 5.06 Å². The lowest BCUT2D eigenvalue weighted by Crippen LogP contribution is -2.37. The molecule has 2 saturated heterocycles. The number of amides is 2. The number of anilines is 2. The first kappa shape index (κ1) is 19.0. The second-order valence-electron chi connectivity index (χ2n) is 7.20. The normalized spacial score (nSPS) is 23.2. The van der Waals surface area contributed by atoms with Crippen LogP contribution in [0.1, 0.15) is 11.6 Å².